The van der Waals surface area contributed by atoms with Crippen molar-refractivity contribution in [2.24, 2.45) is 7.05 Å². The molecule has 0 atom stereocenters. The van der Waals surface area contributed by atoms with Crippen LogP contribution in [0.2, 0.25) is 0 Å². The number of hydrogen-bond donors (Lipinski definition) is 2. The van der Waals surface area contributed by atoms with Gasteiger partial charge in [-0.3, -0.25) is 9.59 Å². The predicted octanol–water partition coefficient (Wildman–Crippen LogP) is 0.971. The molecule has 0 spiro atoms. The minimum Gasteiger partial charge on any atom is -0.375 e. The van der Waals surface area contributed by atoms with Gasteiger partial charge in [0, 0.05) is 18.1 Å². The van der Waals surface area contributed by atoms with Crippen LogP contribution in [-0.2, 0) is 13.6 Å². The quantitative estimate of drug-likeness (QED) is 0.882. The van der Waals surface area contributed by atoms with E-state index in [4.69, 9.17) is 5.73 Å². The van der Waals surface area contributed by atoms with E-state index in [-0.39, 0.29) is 17.7 Å². The number of amides is 1. The maximum Gasteiger partial charge on any atom is 0.263 e. The Kier molecular flexibility index (Phi) is 3.89. The number of rotatable bonds is 3. The Morgan fingerprint density at radius 1 is 1.50 bits per heavy atom. The summed E-state index contributed by atoms with van der Waals surface area (Å²) in [5, 5.41) is 4.91. The van der Waals surface area contributed by atoms with Crippen LogP contribution in [0, 0.1) is 13.8 Å². The predicted molar refractivity (Wildman–Crippen MR) is 78.9 cm³/mol. The first kappa shape index (κ1) is 14.3. The number of nitrogens with two attached hydrogens (primary N) is 1. The van der Waals surface area contributed by atoms with Crippen LogP contribution in [0.5, 0.6) is 0 Å². The first-order chi connectivity index (χ1) is 9.40. The molecule has 2 heterocycles. The molecule has 0 fully saturated rings. The third-order valence-corrected chi connectivity index (χ3v) is 3.94. The van der Waals surface area contributed by atoms with Crippen LogP contribution in [0.4, 0.5) is 5.13 Å². The fourth-order valence-corrected chi connectivity index (χ4v) is 2.38. The largest absolute Gasteiger partial charge is 0.375 e. The van der Waals surface area contributed by atoms with Crippen molar-refractivity contribution in [3.8, 4) is 0 Å². The summed E-state index contributed by atoms with van der Waals surface area (Å²) in [4.78, 5) is 28.2. The lowest BCUT2D eigenvalue weighted by molar-refractivity contribution is 0.0948. The second kappa shape index (κ2) is 5.46. The number of anilines is 1. The summed E-state index contributed by atoms with van der Waals surface area (Å²) in [5.41, 5.74) is 7.78. The second-order valence-corrected chi connectivity index (χ2v) is 5.44. The Morgan fingerprint density at radius 3 is 2.80 bits per heavy atom. The molecule has 0 saturated carbocycles. The summed E-state index contributed by atoms with van der Waals surface area (Å²) in [6.45, 7) is 3.96. The van der Waals surface area contributed by atoms with E-state index in [0.717, 1.165) is 11.3 Å². The molecule has 1 amide bonds. The standard InChI is InChI=1S/C13H16N4O2S/c1-7-4-10(12(19)17(3)8(7)2)11(18)15-5-9-6-20-13(14)16-9/h4,6H,5H2,1-3H3,(H2,14,16)(H,15,18). The number of carbonyl (C=O) groups is 1. The van der Waals surface area contributed by atoms with Gasteiger partial charge >= 0.3 is 0 Å². The van der Waals surface area contributed by atoms with Gasteiger partial charge in [-0.2, -0.15) is 0 Å². The average molecular weight is 292 g/mol. The number of hydrogen-bond acceptors (Lipinski definition) is 5. The SMILES string of the molecule is Cc1cc(C(=O)NCc2csc(N)n2)c(=O)n(C)c1C. The van der Waals surface area contributed by atoms with Crippen LogP contribution in [0.15, 0.2) is 16.2 Å². The summed E-state index contributed by atoms with van der Waals surface area (Å²) >= 11 is 1.31. The Balaban J connectivity index is 2.20. The van der Waals surface area contributed by atoms with Gasteiger partial charge in [-0.1, -0.05) is 0 Å². The van der Waals surface area contributed by atoms with E-state index >= 15 is 0 Å². The van der Waals surface area contributed by atoms with Gasteiger partial charge in [-0.15, -0.1) is 11.3 Å². The van der Waals surface area contributed by atoms with Gasteiger partial charge in [0.15, 0.2) is 5.13 Å². The Hall–Kier alpha value is -2.15. The molecule has 6 nitrogen and oxygen atoms in total. The zero-order valence-electron chi connectivity index (χ0n) is 11.6. The lowest BCUT2D eigenvalue weighted by Crippen LogP contribution is -2.33. The lowest BCUT2D eigenvalue weighted by atomic mass is 10.1. The monoisotopic (exact) mass is 292 g/mol. The molecule has 2 rings (SSSR count). The van der Waals surface area contributed by atoms with Crippen LogP contribution in [0.1, 0.15) is 27.3 Å². The number of nitrogens with zero attached hydrogens (tertiary/aromatic N) is 2. The van der Waals surface area contributed by atoms with Crippen LogP contribution in [-0.4, -0.2) is 15.5 Å². The maximum atomic E-state index is 12.1. The van der Waals surface area contributed by atoms with Crippen molar-refractivity contribution in [3.63, 3.8) is 0 Å². The molecule has 0 aliphatic carbocycles. The van der Waals surface area contributed by atoms with E-state index in [9.17, 15) is 9.59 Å². The first-order valence-corrected chi connectivity index (χ1v) is 6.93. The topological polar surface area (TPSA) is 90.0 Å². The van der Waals surface area contributed by atoms with E-state index in [1.165, 1.54) is 15.9 Å². The van der Waals surface area contributed by atoms with Gasteiger partial charge < -0.3 is 15.6 Å². The molecule has 7 heteroatoms. The highest BCUT2D eigenvalue weighted by Crippen LogP contribution is 2.11. The molecule has 0 bridgehead atoms. The van der Waals surface area contributed by atoms with Crippen LogP contribution in [0.25, 0.3) is 0 Å². The molecule has 20 heavy (non-hydrogen) atoms. The number of thiazole rings is 1. The fourth-order valence-electron chi connectivity index (χ4n) is 1.81. The van der Waals surface area contributed by atoms with Crippen LogP contribution < -0.4 is 16.6 Å². The number of nitrogen functional groups attached to an aromatic ring is 1. The molecule has 2 aromatic heterocycles. The number of pyridine rings is 1. The third-order valence-electron chi connectivity index (χ3n) is 3.21. The molecule has 0 saturated heterocycles. The van der Waals surface area contributed by atoms with Crippen molar-refractivity contribution in [1.29, 1.82) is 0 Å². The van der Waals surface area contributed by atoms with Crippen molar-refractivity contribution < 1.29 is 4.79 Å². The maximum absolute atomic E-state index is 12.1. The second-order valence-electron chi connectivity index (χ2n) is 4.55. The minimum absolute atomic E-state index is 0.138. The van der Waals surface area contributed by atoms with Gasteiger partial charge in [0.05, 0.1) is 12.2 Å². The first-order valence-electron chi connectivity index (χ1n) is 6.05. The van der Waals surface area contributed by atoms with Gasteiger partial charge in [0.25, 0.3) is 11.5 Å². The highest BCUT2D eigenvalue weighted by Gasteiger charge is 2.14. The number of carbonyl (C=O) groups excluding carboxylic acids is 1. The molecular weight excluding hydrogens is 276 g/mol. The molecule has 3 N–H and O–H groups in total. The fraction of sp³-hybridized carbons (Fsp3) is 0.308. The summed E-state index contributed by atoms with van der Waals surface area (Å²) in [7, 11) is 1.66. The van der Waals surface area contributed by atoms with Crippen molar-refractivity contribution in [3.05, 3.63) is 44.3 Å². The molecule has 0 unspecified atom stereocenters. The number of nitrogens with one attached hydrogen (secondary N) is 1. The summed E-state index contributed by atoms with van der Waals surface area (Å²) in [6, 6.07) is 1.61. The number of aromatic nitrogens is 2. The Labute approximate surface area is 120 Å². The molecular formula is C13H16N4O2S. The van der Waals surface area contributed by atoms with E-state index in [1.807, 2.05) is 13.8 Å². The summed E-state index contributed by atoms with van der Waals surface area (Å²) in [5.74, 6) is -0.403. The van der Waals surface area contributed by atoms with Crippen LogP contribution in [0.3, 0.4) is 0 Å². The molecule has 0 aliphatic heterocycles. The number of aryl methyl sites for hydroxylation is 1. The van der Waals surface area contributed by atoms with Crippen molar-refractivity contribution >= 4 is 22.4 Å². The lowest BCUT2D eigenvalue weighted by Gasteiger charge is -2.10. The normalized spacial score (nSPS) is 10.6. The zero-order chi connectivity index (χ0) is 14.9. The minimum atomic E-state index is -0.403. The van der Waals surface area contributed by atoms with Crippen molar-refractivity contribution in [2.45, 2.75) is 20.4 Å². The Bertz CT molecular complexity index is 718. The van der Waals surface area contributed by atoms with Gasteiger partial charge in [0.1, 0.15) is 5.56 Å². The smallest absolute Gasteiger partial charge is 0.263 e. The summed E-state index contributed by atoms with van der Waals surface area (Å²) in [6.07, 6.45) is 0. The molecule has 106 valence electrons. The van der Waals surface area contributed by atoms with Gasteiger partial charge in [-0.05, 0) is 25.5 Å². The zero-order valence-corrected chi connectivity index (χ0v) is 12.4. The highest BCUT2D eigenvalue weighted by atomic mass is 32.1. The van der Waals surface area contributed by atoms with Crippen molar-refractivity contribution in [1.82, 2.24) is 14.9 Å². The molecule has 0 aliphatic rings. The average Bonchev–Trinajstić information content (AvgIpc) is 2.83. The van der Waals surface area contributed by atoms with E-state index in [2.05, 4.69) is 10.3 Å². The molecule has 0 aromatic carbocycles. The van der Waals surface area contributed by atoms with Gasteiger partial charge in [-0.25, -0.2) is 4.98 Å². The summed E-state index contributed by atoms with van der Waals surface area (Å²) < 4.78 is 1.48. The van der Waals surface area contributed by atoms with Crippen LogP contribution >= 0.6 is 11.3 Å². The van der Waals surface area contributed by atoms with E-state index in [0.29, 0.717) is 10.8 Å². The third kappa shape index (κ3) is 2.72. The van der Waals surface area contributed by atoms with E-state index in [1.54, 1.807) is 18.5 Å². The van der Waals surface area contributed by atoms with Gasteiger partial charge in [0.2, 0.25) is 0 Å². The van der Waals surface area contributed by atoms with Crippen molar-refractivity contribution in [2.75, 3.05) is 5.73 Å². The van der Waals surface area contributed by atoms with E-state index < -0.39 is 5.91 Å². The molecule has 2 aromatic rings. The Morgan fingerprint density at radius 2 is 2.20 bits per heavy atom. The highest BCUT2D eigenvalue weighted by molar-refractivity contribution is 7.13. The molecule has 0 radical (unpaired) electrons.